The number of nitrogens with one attached hydrogen (secondary N) is 2. The number of benzene rings is 1. The summed E-state index contributed by atoms with van der Waals surface area (Å²) in [5.41, 5.74) is 4.62. The molecule has 0 saturated heterocycles. The molecule has 0 radical (unpaired) electrons. The Kier molecular flexibility index (Phi) is 6.35. The second-order valence-corrected chi connectivity index (χ2v) is 6.86. The Morgan fingerprint density at radius 3 is 2.75 bits per heavy atom. The molecule has 0 bridgehead atoms. The van der Waals surface area contributed by atoms with Crippen molar-refractivity contribution in [2.45, 2.75) is 13.0 Å². The number of amides is 1. The lowest BCUT2D eigenvalue weighted by Crippen LogP contribution is -2.23. The quantitative estimate of drug-likeness (QED) is 0.524. The van der Waals surface area contributed by atoms with Gasteiger partial charge in [0.05, 0.1) is 29.4 Å². The second kappa shape index (κ2) is 9.11. The third-order valence-electron chi connectivity index (χ3n) is 3.78. The molecule has 1 aromatic heterocycles. The van der Waals surface area contributed by atoms with Crippen LogP contribution in [0.25, 0.3) is 0 Å². The highest BCUT2D eigenvalue weighted by Crippen LogP contribution is 2.22. The number of carbonyl (C=O) groups is 2. The monoisotopic (exact) mass is 399 g/mol. The van der Waals surface area contributed by atoms with E-state index in [1.807, 2.05) is 11.5 Å². The van der Waals surface area contributed by atoms with Gasteiger partial charge in [0.1, 0.15) is 5.04 Å². The van der Waals surface area contributed by atoms with Crippen LogP contribution in [0.5, 0.6) is 0 Å². The summed E-state index contributed by atoms with van der Waals surface area (Å²) < 4.78 is 0. The maximum Gasteiger partial charge on any atom is 0.313 e. The number of thioether (sulfide) groups is 1. The normalized spacial score (nSPS) is 12.9. The van der Waals surface area contributed by atoms with Gasteiger partial charge in [-0.25, -0.2) is 0 Å². The summed E-state index contributed by atoms with van der Waals surface area (Å²) in [6.45, 7) is 0.270. The maximum atomic E-state index is 12.5. The Labute approximate surface area is 164 Å². The van der Waals surface area contributed by atoms with Crippen LogP contribution in [0.1, 0.15) is 28.0 Å². The molecule has 1 aliphatic heterocycles. The molecular formula is C18H17N5O4S. The lowest BCUT2D eigenvalue weighted by Gasteiger charge is -2.10. The molecule has 10 heteroatoms. The van der Waals surface area contributed by atoms with Crippen LogP contribution in [0.2, 0.25) is 0 Å². The predicted molar refractivity (Wildman–Crippen MR) is 106 cm³/mol. The SMILES string of the molecule is O=C(O)CSC1=NN=C(c2cc(NO)cc(C(=O)NCc3ccccn3)c2)C1. The minimum Gasteiger partial charge on any atom is -0.481 e. The molecule has 4 N–H and O–H groups in total. The number of anilines is 1. The van der Waals surface area contributed by atoms with Gasteiger partial charge >= 0.3 is 5.97 Å². The van der Waals surface area contributed by atoms with Crippen molar-refractivity contribution < 1.29 is 19.9 Å². The molecule has 1 amide bonds. The summed E-state index contributed by atoms with van der Waals surface area (Å²) in [4.78, 5) is 27.3. The van der Waals surface area contributed by atoms with Gasteiger partial charge in [-0.1, -0.05) is 17.8 Å². The summed E-state index contributed by atoms with van der Waals surface area (Å²) >= 11 is 1.10. The molecule has 2 aromatic rings. The van der Waals surface area contributed by atoms with E-state index >= 15 is 0 Å². The number of hydrogen-bond acceptors (Lipinski definition) is 8. The lowest BCUT2D eigenvalue weighted by molar-refractivity contribution is -0.133. The van der Waals surface area contributed by atoms with Gasteiger partial charge in [-0.05, 0) is 30.3 Å². The average Bonchev–Trinajstić information content (AvgIpc) is 3.20. The number of hydrogen-bond donors (Lipinski definition) is 4. The van der Waals surface area contributed by atoms with E-state index in [1.165, 1.54) is 6.07 Å². The summed E-state index contributed by atoms with van der Waals surface area (Å²) in [7, 11) is 0. The fourth-order valence-electron chi connectivity index (χ4n) is 2.48. The first-order chi connectivity index (χ1) is 13.5. The van der Waals surface area contributed by atoms with E-state index in [0.29, 0.717) is 34.0 Å². The van der Waals surface area contributed by atoms with Crippen LogP contribution in [-0.4, -0.2) is 43.7 Å². The lowest BCUT2D eigenvalue weighted by atomic mass is 10.0. The first-order valence-corrected chi connectivity index (χ1v) is 9.25. The number of nitrogens with zero attached hydrogens (tertiary/aromatic N) is 3. The number of carboxylic acids is 1. The van der Waals surface area contributed by atoms with Gasteiger partial charge in [-0.15, -0.1) is 5.10 Å². The Balaban J connectivity index is 1.70. The number of carbonyl (C=O) groups excluding carboxylic acids is 1. The average molecular weight is 399 g/mol. The molecule has 0 atom stereocenters. The molecule has 9 nitrogen and oxygen atoms in total. The van der Waals surface area contributed by atoms with E-state index in [0.717, 1.165) is 17.5 Å². The maximum absolute atomic E-state index is 12.5. The van der Waals surface area contributed by atoms with Crippen molar-refractivity contribution in [2.24, 2.45) is 10.2 Å². The molecule has 0 aliphatic carbocycles. The Hall–Kier alpha value is -3.24. The Morgan fingerprint density at radius 1 is 1.18 bits per heavy atom. The third kappa shape index (κ3) is 5.15. The molecule has 1 aliphatic rings. The zero-order valence-corrected chi connectivity index (χ0v) is 15.4. The van der Waals surface area contributed by atoms with Crippen LogP contribution in [0.4, 0.5) is 5.69 Å². The zero-order chi connectivity index (χ0) is 19.9. The van der Waals surface area contributed by atoms with Crippen LogP contribution in [0.3, 0.4) is 0 Å². The molecule has 144 valence electrons. The highest BCUT2D eigenvalue weighted by atomic mass is 32.2. The third-order valence-corrected chi connectivity index (χ3v) is 4.73. The molecule has 3 rings (SSSR count). The summed E-state index contributed by atoms with van der Waals surface area (Å²) in [6.07, 6.45) is 2.01. The second-order valence-electron chi connectivity index (χ2n) is 5.81. The van der Waals surface area contributed by atoms with E-state index in [4.69, 9.17) is 5.11 Å². The highest BCUT2D eigenvalue weighted by molar-refractivity contribution is 8.14. The van der Waals surface area contributed by atoms with Crippen LogP contribution >= 0.6 is 11.8 Å². The van der Waals surface area contributed by atoms with E-state index in [9.17, 15) is 14.8 Å². The summed E-state index contributed by atoms with van der Waals surface area (Å²) in [5.74, 6) is -1.36. The highest BCUT2D eigenvalue weighted by Gasteiger charge is 2.18. The number of aliphatic carboxylic acids is 1. The molecule has 28 heavy (non-hydrogen) atoms. The van der Waals surface area contributed by atoms with Gasteiger partial charge < -0.3 is 10.4 Å². The Bertz CT molecular complexity index is 946. The van der Waals surface area contributed by atoms with Crippen molar-refractivity contribution in [3.63, 3.8) is 0 Å². The largest absolute Gasteiger partial charge is 0.481 e. The first-order valence-electron chi connectivity index (χ1n) is 8.27. The van der Waals surface area contributed by atoms with Gasteiger partial charge in [-0.3, -0.25) is 25.3 Å². The first kappa shape index (κ1) is 19.5. The van der Waals surface area contributed by atoms with Crippen LogP contribution in [-0.2, 0) is 11.3 Å². The number of rotatable bonds is 7. The molecule has 0 spiro atoms. The fraction of sp³-hybridized carbons (Fsp3) is 0.167. The van der Waals surface area contributed by atoms with Crippen molar-refractivity contribution in [2.75, 3.05) is 11.2 Å². The van der Waals surface area contributed by atoms with Crippen molar-refractivity contribution in [3.8, 4) is 0 Å². The minimum atomic E-state index is -0.931. The van der Waals surface area contributed by atoms with E-state index in [-0.39, 0.29) is 18.2 Å². The molecule has 1 aromatic carbocycles. The van der Waals surface area contributed by atoms with Crippen molar-refractivity contribution in [1.29, 1.82) is 0 Å². The molecule has 0 saturated carbocycles. The van der Waals surface area contributed by atoms with Crippen LogP contribution < -0.4 is 10.8 Å². The molecule has 0 fully saturated rings. The molecule has 0 unspecified atom stereocenters. The van der Waals surface area contributed by atoms with Gasteiger partial charge in [0.15, 0.2) is 0 Å². The van der Waals surface area contributed by atoms with E-state index in [2.05, 4.69) is 20.5 Å². The summed E-state index contributed by atoms with van der Waals surface area (Å²) in [6, 6.07) is 10.2. The zero-order valence-electron chi connectivity index (χ0n) is 14.6. The van der Waals surface area contributed by atoms with Gasteiger partial charge in [0.2, 0.25) is 0 Å². The number of aromatic nitrogens is 1. The van der Waals surface area contributed by atoms with Crippen molar-refractivity contribution in [1.82, 2.24) is 10.3 Å². The topological polar surface area (TPSA) is 136 Å². The van der Waals surface area contributed by atoms with Crippen molar-refractivity contribution in [3.05, 3.63) is 59.4 Å². The smallest absolute Gasteiger partial charge is 0.313 e. The fourth-order valence-corrected chi connectivity index (χ4v) is 3.11. The standard InChI is InChI=1S/C18H17N5O4S/c24-17(25)10-28-16-8-15(21-22-16)11-5-12(7-14(6-11)23-27)18(26)20-9-13-3-1-2-4-19-13/h1-7,23,27H,8-10H2,(H,20,26)(H,24,25). The van der Waals surface area contributed by atoms with Gasteiger partial charge in [0, 0.05) is 23.7 Å². The van der Waals surface area contributed by atoms with Crippen LogP contribution in [0.15, 0.2) is 52.8 Å². The molecular weight excluding hydrogens is 382 g/mol. The predicted octanol–water partition coefficient (Wildman–Crippen LogP) is 2.14. The number of carboxylic acid groups (broad SMARTS) is 1. The van der Waals surface area contributed by atoms with Gasteiger partial charge in [0.25, 0.3) is 5.91 Å². The molecule has 2 heterocycles. The summed E-state index contributed by atoms with van der Waals surface area (Å²) in [5, 5.41) is 29.5. The minimum absolute atomic E-state index is 0.0962. The van der Waals surface area contributed by atoms with Gasteiger partial charge in [-0.2, -0.15) is 5.10 Å². The van der Waals surface area contributed by atoms with Crippen molar-refractivity contribution >= 4 is 40.1 Å². The Morgan fingerprint density at radius 2 is 2.04 bits per heavy atom. The van der Waals surface area contributed by atoms with E-state index < -0.39 is 5.97 Å². The number of pyridine rings is 1. The van der Waals surface area contributed by atoms with E-state index in [1.54, 1.807) is 30.5 Å². The van der Waals surface area contributed by atoms with Crippen LogP contribution in [0, 0.1) is 0 Å².